The highest BCUT2D eigenvalue weighted by atomic mass is 79.9. The second-order valence-corrected chi connectivity index (χ2v) is 5.25. The highest BCUT2D eigenvalue weighted by Crippen LogP contribution is 2.28. The van der Waals surface area contributed by atoms with E-state index in [1.807, 2.05) is 6.92 Å². The molecule has 0 aliphatic rings. The number of nitrogens with zero attached hydrogens (tertiary/aromatic N) is 1. The van der Waals surface area contributed by atoms with Crippen molar-refractivity contribution in [2.24, 2.45) is 0 Å². The second-order valence-electron chi connectivity index (χ2n) is 4.45. The van der Waals surface area contributed by atoms with Gasteiger partial charge < -0.3 is 10.4 Å². The summed E-state index contributed by atoms with van der Waals surface area (Å²) in [6.45, 7) is 1.88. The van der Waals surface area contributed by atoms with Crippen molar-refractivity contribution >= 4 is 33.5 Å². The number of aliphatic carboxylic acids is 1. The first-order valence-corrected chi connectivity index (χ1v) is 7.11. The maximum atomic E-state index is 12.2. The van der Waals surface area contributed by atoms with Crippen LogP contribution in [0.3, 0.4) is 0 Å². The summed E-state index contributed by atoms with van der Waals surface area (Å²) in [5.41, 5.74) is -0.108. The molecule has 1 amide bonds. The van der Waals surface area contributed by atoms with Crippen LogP contribution in [0.25, 0.3) is 0 Å². The summed E-state index contributed by atoms with van der Waals surface area (Å²) in [4.78, 5) is 33.2. The van der Waals surface area contributed by atoms with E-state index in [-0.39, 0.29) is 22.1 Å². The zero-order chi connectivity index (χ0) is 16.0. The minimum atomic E-state index is -1.01. The van der Waals surface area contributed by atoms with Crippen LogP contribution in [-0.4, -0.2) is 27.9 Å². The number of carboxylic acid groups (broad SMARTS) is 1. The fraction of sp³-hybridized carbons (Fsp3) is 0.385. The maximum Gasteiger partial charge on any atom is 0.305 e. The Morgan fingerprint density at radius 3 is 2.67 bits per heavy atom. The molecule has 0 fully saturated rings. The van der Waals surface area contributed by atoms with E-state index >= 15 is 0 Å². The van der Waals surface area contributed by atoms with Crippen LogP contribution in [0.2, 0.25) is 0 Å². The van der Waals surface area contributed by atoms with Crippen molar-refractivity contribution < 1.29 is 19.6 Å². The van der Waals surface area contributed by atoms with Gasteiger partial charge in [0.25, 0.3) is 11.6 Å². The van der Waals surface area contributed by atoms with Gasteiger partial charge in [-0.1, -0.05) is 19.4 Å². The number of hydrogen-bond donors (Lipinski definition) is 2. The molecular weight excluding hydrogens is 344 g/mol. The summed E-state index contributed by atoms with van der Waals surface area (Å²) >= 11 is 3.04. The normalized spacial score (nSPS) is 11.7. The standard InChI is InChI=1S/C13H15BrN2O5/c1-2-4-8(7-11(17)18)15-13(19)9-5-3-6-10(12(9)14)16(20)21/h3,5-6,8H,2,4,7H2,1H3,(H,15,19)(H,17,18). The van der Waals surface area contributed by atoms with Crippen LogP contribution in [0, 0.1) is 10.1 Å². The van der Waals surface area contributed by atoms with Crippen LogP contribution >= 0.6 is 15.9 Å². The zero-order valence-electron chi connectivity index (χ0n) is 11.3. The van der Waals surface area contributed by atoms with Crippen LogP contribution in [0.1, 0.15) is 36.5 Å². The molecule has 0 aliphatic heterocycles. The fourth-order valence-corrected chi connectivity index (χ4v) is 2.47. The minimum absolute atomic E-state index is 0.0815. The van der Waals surface area contributed by atoms with Crippen LogP contribution < -0.4 is 5.32 Å². The minimum Gasteiger partial charge on any atom is -0.481 e. The molecule has 0 heterocycles. The number of nitro groups is 1. The lowest BCUT2D eigenvalue weighted by molar-refractivity contribution is -0.385. The van der Waals surface area contributed by atoms with E-state index in [0.717, 1.165) is 0 Å². The highest BCUT2D eigenvalue weighted by Gasteiger charge is 2.22. The number of halogens is 1. The number of benzene rings is 1. The SMILES string of the molecule is CCCC(CC(=O)O)NC(=O)c1cccc([N+](=O)[O-])c1Br. The Hall–Kier alpha value is -1.96. The molecule has 0 spiro atoms. The van der Waals surface area contributed by atoms with E-state index in [9.17, 15) is 19.7 Å². The largest absolute Gasteiger partial charge is 0.481 e. The number of nitrogens with one attached hydrogen (secondary N) is 1. The molecule has 0 bridgehead atoms. The van der Waals surface area contributed by atoms with Gasteiger partial charge in [-0.2, -0.15) is 0 Å². The Morgan fingerprint density at radius 2 is 2.14 bits per heavy atom. The van der Waals surface area contributed by atoms with Crippen molar-refractivity contribution in [3.63, 3.8) is 0 Å². The zero-order valence-corrected chi connectivity index (χ0v) is 12.9. The van der Waals surface area contributed by atoms with Crippen molar-refractivity contribution in [1.82, 2.24) is 5.32 Å². The Labute approximate surface area is 129 Å². The summed E-state index contributed by atoms with van der Waals surface area (Å²) in [6, 6.07) is 3.62. The third-order valence-corrected chi connectivity index (χ3v) is 3.65. The fourth-order valence-electron chi connectivity index (χ4n) is 1.88. The number of carbonyl (C=O) groups is 2. The van der Waals surface area contributed by atoms with Gasteiger partial charge in [-0.25, -0.2) is 0 Å². The van der Waals surface area contributed by atoms with E-state index in [1.54, 1.807) is 0 Å². The highest BCUT2D eigenvalue weighted by molar-refractivity contribution is 9.10. The van der Waals surface area contributed by atoms with E-state index in [4.69, 9.17) is 5.11 Å². The molecule has 114 valence electrons. The summed E-state index contributed by atoms with van der Waals surface area (Å²) in [7, 11) is 0. The molecule has 1 unspecified atom stereocenters. The molecular formula is C13H15BrN2O5. The molecule has 0 aromatic heterocycles. The first kappa shape index (κ1) is 17.1. The monoisotopic (exact) mass is 358 g/mol. The molecule has 1 aromatic rings. The first-order valence-electron chi connectivity index (χ1n) is 6.32. The van der Waals surface area contributed by atoms with Crippen molar-refractivity contribution in [3.8, 4) is 0 Å². The molecule has 7 nitrogen and oxygen atoms in total. The summed E-state index contributed by atoms with van der Waals surface area (Å²) < 4.78 is 0.0815. The second kappa shape index (κ2) is 7.72. The van der Waals surface area contributed by atoms with Gasteiger partial charge in [-0.05, 0) is 28.4 Å². The van der Waals surface area contributed by atoms with Crippen molar-refractivity contribution in [1.29, 1.82) is 0 Å². The smallest absolute Gasteiger partial charge is 0.305 e. The molecule has 0 saturated heterocycles. The number of rotatable bonds is 7. The number of carboxylic acids is 1. The maximum absolute atomic E-state index is 12.2. The quantitative estimate of drug-likeness (QED) is 0.575. The molecule has 1 rings (SSSR count). The van der Waals surface area contributed by atoms with E-state index in [2.05, 4.69) is 21.2 Å². The van der Waals surface area contributed by atoms with Gasteiger partial charge >= 0.3 is 5.97 Å². The predicted molar refractivity (Wildman–Crippen MR) is 79.2 cm³/mol. The van der Waals surface area contributed by atoms with Gasteiger partial charge in [0.1, 0.15) is 4.47 Å². The number of carbonyl (C=O) groups excluding carboxylic acids is 1. The van der Waals surface area contributed by atoms with Gasteiger partial charge in [-0.15, -0.1) is 0 Å². The summed E-state index contributed by atoms with van der Waals surface area (Å²) in [5.74, 6) is -1.54. The van der Waals surface area contributed by atoms with Crippen LogP contribution in [0.5, 0.6) is 0 Å². The lowest BCUT2D eigenvalue weighted by Crippen LogP contribution is -2.36. The third kappa shape index (κ3) is 4.82. The topological polar surface area (TPSA) is 110 Å². The molecule has 2 N–H and O–H groups in total. The molecule has 1 aromatic carbocycles. The summed E-state index contributed by atoms with van der Waals surface area (Å²) in [5, 5.41) is 22.2. The third-order valence-electron chi connectivity index (χ3n) is 2.81. The van der Waals surface area contributed by atoms with Gasteiger partial charge in [0.15, 0.2) is 0 Å². The Kier molecular flexibility index (Phi) is 6.29. The summed E-state index contributed by atoms with van der Waals surface area (Å²) in [6.07, 6.45) is 1.05. The lowest BCUT2D eigenvalue weighted by atomic mass is 10.1. The van der Waals surface area contributed by atoms with Crippen LogP contribution in [-0.2, 0) is 4.79 Å². The van der Waals surface area contributed by atoms with Gasteiger partial charge in [-0.3, -0.25) is 19.7 Å². The van der Waals surface area contributed by atoms with E-state index < -0.39 is 22.8 Å². The average molecular weight is 359 g/mol. The molecule has 8 heteroatoms. The predicted octanol–water partition coefficient (Wildman–Crippen LogP) is 2.73. The Balaban J connectivity index is 2.95. The van der Waals surface area contributed by atoms with Crippen molar-refractivity contribution in [3.05, 3.63) is 38.3 Å². The van der Waals surface area contributed by atoms with E-state index in [1.165, 1.54) is 18.2 Å². The van der Waals surface area contributed by atoms with E-state index in [0.29, 0.717) is 12.8 Å². The number of amides is 1. The average Bonchev–Trinajstić information content (AvgIpc) is 2.37. The van der Waals surface area contributed by atoms with Gasteiger partial charge in [0, 0.05) is 12.1 Å². The molecule has 0 saturated carbocycles. The van der Waals surface area contributed by atoms with Crippen LogP contribution in [0.15, 0.2) is 22.7 Å². The van der Waals surface area contributed by atoms with Gasteiger partial charge in [0.2, 0.25) is 0 Å². The van der Waals surface area contributed by atoms with Gasteiger partial charge in [0.05, 0.1) is 16.9 Å². The number of nitro benzene ring substituents is 1. The Morgan fingerprint density at radius 1 is 1.48 bits per heavy atom. The Bertz CT molecular complexity index is 561. The molecule has 1 atom stereocenters. The first-order chi connectivity index (χ1) is 9.86. The number of hydrogen-bond acceptors (Lipinski definition) is 4. The van der Waals surface area contributed by atoms with Crippen LogP contribution in [0.4, 0.5) is 5.69 Å². The lowest BCUT2D eigenvalue weighted by Gasteiger charge is -2.16. The van der Waals surface area contributed by atoms with Crippen molar-refractivity contribution in [2.45, 2.75) is 32.2 Å². The molecule has 0 aliphatic carbocycles. The van der Waals surface area contributed by atoms with Crippen molar-refractivity contribution in [2.75, 3.05) is 0 Å². The molecule has 21 heavy (non-hydrogen) atoms. The molecule has 0 radical (unpaired) electrons.